The van der Waals surface area contributed by atoms with E-state index in [1.165, 1.54) is 19.3 Å². The summed E-state index contributed by atoms with van der Waals surface area (Å²) in [7, 11) is 1.87. The van der Waals surface area contributed by atoms with Gasteiger partial charge < -0.3 is 10.3 Å². The largest absolute Gasteiger partial charge is 0.339 e. The van der Waals surface area contributed by atoms with Crippen molar-refractivity contribution < 1.29 is 4.52 Å². The number of hydrogen-bond acceptors (Lipinski definition) is 5. The van der Waals surface area contributed by atoms with Crippen molar-refractivity contribution in [2.75, 3.05) is 0 Å². The van der Waals surface area contributed by atoms with Crippen molar-refractivity contribution in [2.45, 2.75) is 31.2 Å². The van der Waals surface area contributed by atoms with E-state index in [0.717, 1.165) is 5.56 Å². The van der Waals surface area contributed by atoms with E-state index in [1.807, 2.05) is 13.2 Å². The predicted octanol–water partition coefficient (Wildman–Crippen LogP) is 1.31. The van der Waals surface area contributed by atoms with Crippen molar-refractivity contribution in [3.8, 4) is 11.4 Å². The zero-order valence-corrected chi connectivity index (χ0v) is 10.9. The van der Waals surface area contributed by atoms with Gasteiger partial charge in [-0.05, 0) is 31.1 Å². The molecule has 6 nitrogen and oxygen atoms in total. The summed E-state index contributed by atoms with van der Waals surface area (Å²) in [6.45, 7) is 0. The lowest BCUT2D eigenvalue weighted by Crippen LogP contribution is -2.34. The highest BCUT2D eigenvalue weighted by Gasteiger charge is 2.48. The van der Waals surface area contributed by atoms with E-state index in [-0.39, 0.29) is 12.0 Å². The molecule has 0 amide bonds. The molecular formula is C13H17N5O. The van der Waals surface area contributed by atoms with Gasteiger partial charge in [-0.25, -0.2) is 0 Å². The summed E-state index contributed by atoms with van der Waals surface area (Å²) in [4.78, 5) is 4.53. The van der Waals surface area contributed by atoms with Crippen molar-refractivity contribution in [3.05, 3.63) is 18.3 Å². The molecule has 2 N–H and O–H groups in total. The van der Waals surface area contributed by atoms with E-state index in [9.17, 15) is 0 Å². The molecule has 2 saturated carbocycles. The molecule has 0 saturated heterocycles. The average Bonchev–Trinajstić information content (AvgIpc) is 3.10. The number of nitrogens with two attached hydrogens (primary N) is 1. The van der Waals surface area contributed by atoms with Crippen LogP contribution in [-0.4, -0.2) is 26.0 Å². The molecule has 0 spiro atoms. The third-order valence-corrected chi connectivity index (χ3v) is 4.67. The van der Waals surface area contributed by atoms with E-state index >= 15 is 0 Å². The summed E-state index contributed by atoms with van der Waals surface area (Å²) in [5.41, 5.74) is 7.19. The van der Waals surface area contributed by atoms with E-state index < -0.39 is 0 Å². The van der Waals surface area contributed by atoms with Gasteiger partial charge in [-0.3, -0.25) is 4.68 Å². The maximum atomic E-state index is 6.30. The Bertz CT molecular complexity index is 602. The van der Waals surface area contributed by atoms with Crippen LogP contribution in [0.5, 0.6) is 0 Å². The zero-order valence-electron chi connectivity index (χ0n) is 10.9. The van der Waals surface area contributed by atoms with Crippen molar-refractivity contribution >= 4 is 0 Å². The lowest BCUT2D eigenvalue weighted by molar-refractivity contribution is 0.279. The summed E-state index contributed by atoms with van der Waals surface area (Å²) >= 11 is 0. The molecule has 4 rings (SSSR count). The molecule has 100 valence electrons. The molecule has 2 bridgehead atoms. The highest BCUT2D eigenvalue weighted by Crippen LogP contribution is 2.51. The van der Waals surface area contributed by atoms with Crippen LogP contribution in [0.15, 0.2) is 16.9 Å². The molecular weight excluding hydrogens is 242 g/mol. The van der Waals surface area contributed by atoms with Crippen molar-refractivity contribution in [3.63, 3.8) is 0 Å². The molecule has 6 heteroatoms. The number of aromatic nitrogens is 4. The molecule has 0 radical (unpaired) electrons. The van der Waals surface area contributed by atoms with Crippen molar-refractivity contribution in [2.24, 2.45) is 24.6 Å². The van der Waals surface area contributed by atoms with E-state index in [0.29, 0.717) is 23.6 Å². The fourth-order valence-electron chi connectivity index (χ4n) is 3.73. The van der Waals surface area contributed by atoms with Gasteiger partial charge in [0.1, 0.15) is 0 Å². The van der Waals surface area contributed by atoms with Gasteiger partial charge in [0.05, 0.1) is 17.7 Å². The van der Waals surface area contributed by atoms with Gasteiger partial charge in [-0.2, -0.15) is 10.1 Å². The molecule has 19 heavy (non-hydrogen) atoms. The number of aryl methyl sites for hydroxylation is 1. The molecule has 2 aromatic rings. The summed E-state index contributed by atoms with van der Waals surface area (Å²) in [6.07, 6.45) is 7.35. The Labute approximate surface area is 111 Å². The number of rotatable bonds is 2. The van der Waals surface area contributed by atoms with Gasteiger partial charge >= 0.3 is 0 Å². The fourth-order valence-corrected chi connectivity index (χ4v) is 3.73. The Morgan fingerprint density at radius 1 is 1.37 bits per heavy atom. The highest BCUT2D eigenvalue weighted by atomic mass is 16.5. The minimum Gasteiger partial charge on any atom is -0.339 e. The number of nitrogens with zero attached hydrogens (tertiary/aromatic N) is 4. The van der Waals surface area contributed by atoms with Crippen LogP contribution in [0.2, 0.25) is 0 Å². The third-order valence-electron chi connectivity index (χ3n) is 4.67. The first-order valence-corrected chi connectivity index (χ1v) is 6.80. The second-order valence-electron chi connectivity index (χ2n) is 5.80. The van der Waals surface area contributed by atoms with Crippen LogP contribution in [0.3, 0.4) is 0 Å². The SMILES string of the molecule is Cn1cc(-c2noc(C3C4CCC(C4)C3N)n2)cn1. The predicted molar refractivity (Wildman–Crippen MR) is 68.0 cm³/mol. The smallest absolute Gasteiger partial charge is 0.231 e. The molecule has 0 aliphatic heterocycles. The topological polar surface area (TPSA) is 82.8 Å². The Morgan fingerprint density at radius 2 is 2.21 bits per heavy atom. The van der Waals surface area contributed by atoms with Crippen LogP contribution in [0.4, 0.5) is 0 Å². The number of hydrogen-bond donors (Lipinski definition) is 1. The summed E-state index contributed by atoms with van der Waals surface area (Å²) < 4.78 is 7.19. The Kier molecular flexibility index (Phi) is 2.29. The first-order chi connectivity index (χ1) is 9.22. The standard InChI is InChI=1S/C13H17N5O/c1-18-6-9(5-15-18)12-16-13(19-17-12)10-7-2-3-8(4-7)11(10)14/h5-8,10-11H,2-4,14H2,1H3. The van der Waals surface area contributed by atoms with E-state index in [1.54, 1.807) is 10.9 Å². The maximum absolute atomic E-state index is 6.30. The van der Waals surface area contributed by atoms with Crippen LogP contribution in [0, 0.1) is 11.8 Å². The monoisotopic (exact) mass is 259 g/mol. The average molecular weight is 259 g/mol. The Hall–Kier alpha value is -1.69. The first-order valence-electron chi connectivity index (χ1n) is 6.80. The van der Waals surface area contributed by atoms with Gasteiger partial charge in [-0.1, -0.05) is 5.16 Å². The minimum absolute atomic E-state index is 0.181. The zero-order chi connectivity index (χ0) is 13.0. The van der Waals surface area contributed by atoms with E-state index in [2.05, 4.69) is 15.2 Å². The molecule has 4 atom stereocenters. The van der Waals surface area contributed by atoms with Crippen LogP contribution in [0.1, 0.15) is 31.1 Å². The Balaban J connectivity index is 1.65. The van der Waals surface area contributed by atoms with Gasteiger partial charge in [-0.15, -0.1) is 0 Å². The van der Waals surface area contributed by atoms with Gasteiger partial charge in [0.2, 0.25) is 11.7 Å². The molecule has 4 unspecified atom stereocenters. The lowest BCUT2D eigenvalue weighted by Gasteiger charge is -2.24. The van der Waals surface area contributed by atoms with Gasteiger partial charge in [0, 0.05) is 19.3 Å². The molecule has 2 fully saturated rings. The van der Waals surface area contributed by atoms with Crippen LogP contribution in [0.25, 0.3) is 11.4 Å². The molecule has 0 aromatic carbocycles. The molecule has 2 aliphatic rings. The second-order valence-corrected chi connectivity index (χ2v) is 5.80. The summed E-state index contributed by atoms with van der Waals surface area (Å²) in [5, 5.41) is 8.19. The third kappa shape index (κ3) is 1.63. The Morgan fingerprint density at radius 3 is 2.89 bits per heavy atom. The van der Waals surface area contributed by atoms with E-state index in [4.69, 9.17) is 10.3 Å². The van der Waals surface area contributed by atoms with Gasteiger partial charge in [0.15, 0.2) is 0 Å². The first kappa shape index (κ1) is 11.2. The molecule has 2 heterocycles. The van der Waals surface area contributed by atoms with Crippen LogP contribution < -0.4 is 5.73 Å². The summed E-state index contributed by atoms with van der Waals surface area (Å²) in [5.74, 6) is 2.83. The normalized spacial score (nSPS) is 33.2. The maximum Gasteiger partial charge on any atom is 0.231 e. The molecule has 2 aromatic heterocycles. The summed E-state index contributed by atoms with van der Waals surface area (Å²) in [6, 6.07) is 0.181. The van der Waals surface area contributed by atoms with Crippen molar-refractivity contribution in [1.82, 2.24) is 19.9 Å². The minimum atomic E-state index is 0.181. The molecule has 2 aliphatic carbocycles. The van der Waals surface area contributed by atoms with Crippen LogP contribution in [-0.2, 0) is 7.05 Å². The fraction of sp³-hybridized carbons (Fsp3) is 0.615. The van der Waals surface area contributed by atoms with Gasteiger partial charge in [0.25, 0.3) is 0 Å². The quantitative estimate of drug-likeness (QED) is 0.879. The van der Waals surface area contributed by atoms with Crippen LogP contribution >= 0.6 is 0 Å². The van der Waals surface area contributed by atoms with Crippen molar-refractivity contribution in [1.29, 1.82) is 0 Å². The number of fused-ring (bicyclic) bond motifs is 2. The second kappa shape index (κ2) is 3.90. The highest BCUT2D eigenvalue weighted by molar-refractivity contribution is 5.51. The lowest BCUT2D eigenvalue weighted by atomic mass is 9.85.